The SMILES string of the molecule is BrCC[n+]1csc2ccccc21.[Br-]. The van der Waals surface area contributed by atoms with E-state index in [1.54, 1.807) is 11.3 Å². The number of benzene rings is 1. The van der Waals surface area contributed by atoms with Crippen LogP contribution in [0, 0.1) is 0 Å². The minimum Gasteiger partial charge on any atom is -1.00 e. The number of aryl methyl sites for hydroxylation is 1. The van der Waals surface area contributed by atoms with Crippen molar-refractivity contribution in [2.75, 3.05) is 5.33 Å². The largest absolute Gasteiger partial charge is 1.00 e. The van der Waals surface area contributed by atoms with Crippen molar-refractivity contribution in [3.05, 3.63) is 29.8 Å². The van der Waals surface area contributed by atoms with Crippen LogP contribution in [0.4, 0.5) is 0 Å². The number of thiazole rings is 1. The van der Waals surface area contributed by atoms with E-state index >= 15 is 0 Å². The Labute approximate surface area is 100 Å². The number of para-hydroxylation sites is 1. The van der Waals surface area contributed by atoms with Gasteiger partial charge in [0.2, 0.25) is 11.0 Å². The molecule has 0 bridgehead atoms. The second kappa shape index (κ2) is 5.08. The summed E-state index contributed by atoms with van der Waals surface area (Å²) in [5.41, 5.74) is 3.51. The highest BCUT2D eigenvalue weighted by Crippen LogP contribution is 2.14. The number of alkyl halides is 1. The lowest BCUT2D eigenvalue weighted by Gasteiger charge is -1.88. The van der Waals surface area contributed by atoms with Crippen LogP contribution >= 0.6 is 27.3 Å². The van der Waals surface area contributed by atoms with Gasteiger partial charge in [-0.3, -0.25) is 0 Å². The average molecular weight is 323 g/mol. The van der Waals surface area contributed by atoms with Crippen LogP contribution in [0.1, 0.15) is 0 Å². The molecule has 0 aliphatic heterocycles. The Kier molecular flexibility index (Phi) is 4.35. The van der Waals surface area contributed by atoms with Crippen molar-refractivity contribution in [1.29, 1.82) is 0 Å². The third-order valence-electron chi connectivity index (χ3n) is 1.81. The van der Waals surface area contributed by atoms with Gasteiger partial charge < -0.3 is 17.0 Å². The number of hydrogen-bond acceptors (Lipinski definition) is 1. The monoisotopic (exact) mass is 321 g/mol. The van der Waals surface area contributed by atoms with Gasteiger partial charge in [0.05, 0.1) is 5.33 Å². The Balaban J connectivity index is 0.000000845. The molecule has 0 N–H and O–H groups in total. The topological polar surface area (TPSA) is 3.88 Å². The van der Waals surface area contributed by atoms with Gasteiger partial charge in [0.1, 0.15) is 4.70 Å². The fraction of sp³-hybridized carbons (Fsp3) is 0.222. The molecule has 0 saturated carbocycles. The Hall–Kier alpha value is 0.0700. The summed E-state index contributed by atoms with van der Waals surface area (Å²) in [5.74, 6) is 0. The van der Waals surface area contributed by atoms with E-state index in [9.17, 15) is 0 Å². The number of rotatable bonds is 2. The van der Waals surface area contributed by atoms with Crippen LogP contribution in [-0.4, -0.2) is 5.33 Å². The minimum absolute atomic E-state index is 0. The summed E-state index contributed by atoms with van der Waals surface area (Å²) in [4.78, 5) is 0. The van der Waals surface area contributed by atoms with Crippen molar-refractivity contribution in [3.8, 4) is 0 Å². The molecule has 2 rings (SSSR count). The van der Waals surface area contributed by atoms with Gasteiger partial charge >= 0.3 is 0 Å². The zero-order valence-corrected chi connectivity index (χ0v) is 10.9. The van der Waals surface area contributed by atoms with Gasteiger partial charge in [-0.15, -0.1) is 0 Å². The smallest absolute Gasteiger partial charge is 0.225 e. The van der Waals surface area contributed by atoms with Gasteiger partial charge in [-0.1, -0.05) is 39.4 Å². The van der Waals surface area contributed by atoms with E-state index in [0.29, 0.717) is 0 Å². The summed E-state index contributed by atoms with van der Waals surface area (Å²) in [5, 5.41) is 1.01. The van der Waals surface area contributed by atoms with Crippen LogP contribution in [0.15, 0.2) is 29.8 Å². The summed E-state index contributed by atoms with van der Waals surface area (Å²) in [6, 6.07) is 8.48. The van der Waals surface area contributed by atoms with Crippen LogP contribution in [-0.2, 0) is 6.54 Å². The van der Waals surface area contributed by atoms with E-state index < -0.39 is 0 Å². The molecule has 0 aliphatic carbocycles. The lowest BCUT2D eigenvalue weighted by Crippen LogP contribution is -3.00. The maximum absolute atomic E-state index is 3.44. The molecule has 2 aromatic rings. The highest BCUT2D eigenvalue weighted by molar-refractivity contribution is 9.09. The van der Waals surface area contributed by atoms with Crippen molar-refractivity contribution < 1.29 is 21.5 Å². The van der Waals surface area contributed by atoms with Crippen LogP contribution in [0.3, 0.4) is 0 Å². The van der Waals surface area contributed by atoms with Crippen LogP contribution < -0.4 is 21.5 Å². The standard InChI is InChI=1S/C9H9BrNS.BrH/c10-5-6-11-7-12-9-4-2-1-3-8(9)11;/h1-4,7H,5-6H2;1H/q+1;/p-1. The lowest BCUT2D eigenvalue weighted by atomic mass is 10.3. The van der Waals surface area contributed by atoms with E-state index in [0.717, 1.165) is 11.9 Å². The molecule has 0 unspecified atom stereocenters. The van der Waals surface area contributed by atoms with Gasteiger partial charge in [0.25, 0.3) is 0 Å². The molecule has 4 heteroatoms. The average Bonchev–Trinajstić information content (AvgIpc) is 2.50. The molecule has 0 amide bonds. The molecule has 1 aromatic heterocycles. The number of halogens is 2. The second-order valence-electron chi connectivity index (χ2n) is 2.57. The Bertz CT molecular complexity index is 386. The van der Waals surface area contributed by atoms with Gasteiger partial charge in [-0.05, 0) is 6.07 Å². The highest BCUT2D eigenvalue weighted by Gasteiger charge is 2.08. The molecule has 0 fully saturated rings. The van der Waals surface area contributed by atoms with E-state index in [1.165, 1.54) is 10.2 Å². The minimum atomic E-state index is 0. The number of fused-ring (bicyclic) bond motifs is 1. The van der Waals surface area contributed by atoms with Gasteiger partial charge in [-0.25, -0.2) is 0 Å². The Morgan fingerprint density at radius 2 is 2.08 bits per heavy atom. The Morgan fingerprint density at radius 1 is 1.31 bits per heavy atom. The van der Waals surface area contributed by atoms with Crippen molar-refractivity contribution in [2.45, 2.75) is 6.54 Å². The molecular formula is C9H9Br2NS. The molecule has 0 saturated heterocycles. The molecule has 70 valence electrons. The third-order valence-corrected chi connectivity index (χ3v) is 3.12. The van der Waals surface area contributed by atoms with Crippen LogP contribution in [0.5, 0.6) is 0 Å². The first-order valence-corrected chi connectivity index (χ1v) is 5.83. The number of aromatic nitrogens is 1. The fourth-order valence-corrected chi connectivity index (χ4v) is 2.54. The second-order valence-corrected chi connectivity index (χ2v) is 4.25. The fourth-order valence-electron chi connectivity index (χ4n) is 1.24. The first kappa shape index (κ1) is 11.1. The summed E-state index contributed by atoms with van der Waals surface area (Å²) < 4.78 is 3.63. The zero-order chi connectivity index (χ0) is 8.39. The Morgan fingerprint density at radius 3 is 2.85 bits per heavy atom. The van der Waals surface area contributed by atoms with Gasteiger partial charge in [0, 0.05) is 6.07 Å². The van der Waals surface area contributed by atoms with E-state index in [2.05, 4.69) is 50.3 Å². The number of hydrogen-bond donors (Lipinski definition) is 0. The summed E-state index contributed by atoms with van der Waals surface area (Å²) in [6.07, 6.45) is 0. The molecule has 0 aliphatic rings. The van der Waals surface area contributed by atoms with Crippen molar-refractivity contribution >= 4 is 37.5 Å². The maximum atomic E-state index is 3.44. The first-order chi connectivity index (χ1) is 5.92. The maximum Gasteiger partial charge on any atom is 0.225 e. The molecule has 13 heavy (non-hydrogen) atoms. The van der Waals surface area contributed by atoms with E-state index in [1.807, 2.05) is 0 Å². The predicted molar refractivity (Wildman–Crippen MR) is 55.8 cm³/mol. The van der Waals surface area contributed by atoms with Crippen LogP contribution in [0.2, 0.25) is 0 Å². The molecule has 1 aromatic carbocycles. The van der Waals surface area contributed by atoms with Crippen molar-refractivity contribution in [3.63, 3.8) is 0 Å². The van der Waals surface area contributed by atoms with Crippen LogP contribution in [0.25, 0.3) is 10.2 Å². The summed E-state index contributed by atoms with van der Waals surface area (Å²) in [7, 11) is 0. The van der Waals surface area contributed by atoms with Crippen molar-refractivity contribution in [2.24, 2.45) is 0 Å². The van der Waals surface area contributed by atoms with Gasteiger partial charge in [-0.2, -0.15) is 4.57 Å². The molecule has 0 spiro atoms. The normalized spacial score (nSPS) is 9.92. The zero-order valence-electron chi connectivity index (χ0n) is 6.91. The molecule has 0 radical (unpaired) electrons. The molecule has 0 atom stereocenters. The molecular weight excluding hydrogens is 314 g/mol. The van der Waals surface area contributed by atoms with Crippen molar-refractivity contribution in [1.82, 2.24) is 0 Å². The number of nitrogens with zero attached hydrogens (tertiary/aromatic N) is 1. The summed E-state index contributed by atoms with van der Waals surface area (Å²) in [6.45, 7) is 1.05. The van der Waals surface area contributed by atoms with E-state index in [-0.39, 0.29) is 17.0 Å². The molecule has 1 nitrogen and oxygen atoms in total. The predicted octanol–water partition coefficient (Wildman–Crippen LogP) is -0.412. The third kappa shape index (κ3) is 2.30. The highest BCUT2D eigenvalue weighted by atomic mass is 79.9. The molecule has 1 heterocycles. The van der Waals surface area contributed by atoms with E-state index in [4.69, 9.17) is 0 Å². The summed E-state index contributed by atoms with van der Waals surface area (Å²) >= 11 is 5.24. The first-order valence-electron chi connectivity index (χ1n) is 3.83. The quantitative estimate of drug-likeness (QED) is 0.523. The lowest BCUT2D eigenvalue weighted by molar-refractivity contribution is -0.662. The van der Waals surface area contributed by atoms with Gasteiger partial charge in [0.15, 0.2) is 6.54 Å².